The number of hydrogen-bond donors (Lipinski definition) is 2. The first-order valence-corrected chi connectivity index (χ1v) is 4.94. The molecule has 0 aromatic heterocycles. The molecule has 3 nitrogen and oxygen atoms in total. The molecule has 5 heteroatoms. The minimum atomic E-state index is -0.392. The summed E-state index contributed by atoms with van der Waals surface area (Å²) in [7, 11) is 0. The lowest BCUT2D eigenvalue weighted by molar-refractivity contribution is -0.108. The number of benzene rings is 1. The van der Waals surface area contributed by atoms with Crippen molar-refractivity contribution in [2.45, 2.75) is 5.33 Å². The molecule has 0 saturated heterocycles. The Balaban J connectivity index is 2.96. The van der Waals surface area contributed by atoms with Crippen LogP contribution in [0.4, 0.5) is 4.39 Å². The van der Waals surface area contributed by atoms with Gasteiger partial charge in [-0.1, -0.05) is 28.1 Å². The van der Waals surface area contributed by atoms with Crippen LogP contribution in [0.3, 0.4) is 0 Å². The number of amides is 1. The van der Waals surface area contributed by atoms with Crippen LogP contribution in [0, 0.1) is 11.2 Å². The predicted molar refractivity (Wildman–Crippen MR) is 55.1 cm³/mol. The zero-order valence-corrected chi connectivity index (χ0v) is 8.77. The average Bonchev–Trinajstić information content (AvgIpc) is 2.18. The highest BCUT2D eigenvalue weighted by Crippen LogP contribution is 2.13. The van der Waals surface area contributed by atoms with E-state index in [-0.39, 0.29) is 5.84 Å². The highest BCUT2D eigenvalue weighted by atomic mass is 79.9. The second kappa shape index (κ2) is 4.85. The molecule has 0 radical (unpaired) electrons. The lowest BCUT2D eigenvalue weighted by Gasteiger charge is -2.04. The van der Waals surface area contributed by atoms with Crippen molar-refractivity contribution in [1.82, 2.24) is 5.32 Å². The van der Waals surface area contributed by atoms with Crippen molar-refractivity contribution in [1.29, 1.82) is 5.41 Å². The monoisotopic (exact) mass is 258 g/mol. The fourth-order valence-corrected chi connectivity index (χ4v) is 1.41. The summed E-state index contributed by atoms with van der Waals surface area (Å²) in [4.78, 5) is 10.0. The highest BCUT2D eigenvalue weighted by Gasteiger charge is 2.05. The summed E-state index contributed by atoms with van der Waals surface area (Å²) < 4.78 is 13.2. The van der Waals surface area contributed by atoms with Gasteiger partial charge in [-0.3, -0.25) is 10.2 Å². The normalized spacial score (nSPS) is 9.57. The Hall–Kier alpha value is -1.23. The Kier molecular flexibility index (Phi) is 3.76. The average molecular weight is 259 g/mol. The fraction of sp³-hybridized carbons (Fsp3) is 0.111. The van der Waals surface area contributed by atoms with Crippen molar-refractivity contribution in [3.8, 4) is 0 Å². The molecule has 1 aromatic rings. The second-order valence-electron chi connectivity index (χ2n) is 2.58. The number of hydrogen-bond acceptors (Lipinski definition) is 2. The number of nitrogens with one attached hydrogen (secondary N) is 2. The van der Waals surface area contributed by atoms with E-state index >= 15 is 0 Å². The van der Waals surface area contributed by atoms with Gasteiger partial charge in [0.1, 0.15) is 11.7 Å². The SMILES string of the molecule is N=C(NC=O)c1ccc(CBr)c(F)c1. The molecule has 0 aliphatic rings. The molecule has 0 aliphatic carbocycles. The number of carbonyl (C=O) groups is 1. The van der Waals surface area contributed by atoms with E-state index in [0.29, 0.717) is 22.9 Å². The lowest BCUT2D eigenvalue weighted by atomic mass is 10.1. The molecule has 0 bridgehead atoms. The van der Waals surface area contributed by atoms with Gasteiger partial charge in [0.15, 0.2) is 0 Å². The standard InChI is InChI=1S/C9H8BrFN2O/c10-4-7-2-1-6(3-8(7)11)9(12)13-5-14/h1-3,5H,4H2,(H2,12,13,14). The van der Waals surface area contributed by atoms with Crippen LogP contribution in [0.2, 0.25) is 0 Å². The topological polar surface area (TPSA) is 53.0 Å². The third kappa shape index (κ3) is 2.38. The zero-order valence-electron chi connectivity index (χ0n) is 7.18. The molecular weight excluding hydrogens is 251 g/mol. The number of carbonyl (C=O) groups excluding carboxylic acids is 1. The molecule has 1 rings (SSSR count). The van der Waals surface area contributed by atoms with Crippen LogP contribution in [0.25, 0.3) is 0 Å². The zero-order chi connectivity index (χ0) is 10.6. The summed E-state index contributed by atoms with van der Waals surface area (Å²) in [6.45, 7) is 0. The molecule has 74 valence electrons. The molecule has 0 saturated carbocycles. The number of rotatable bonds is 3. The van der Waals surface area contributed by atoms with E-state index in [1.807, 2.05) is 0 Å². The molecule has 1 amide bonds. The van der Waals surface area contributed by atoms with E-state index < -0.39 is 5.82 Å². The molecule has 0 atom stereocenters. The number of halogens is 2. The van der Waals surface area contributed by atoms with Gasteiger partial charge >= 0.3 is 0 Å². The third-order valence-corrected chi connectivity index (χ3v) is 2.29. The first kappa shape index (κ1) is 10.8. The van der Waals surface area contributed by atoms with Gasteiger partial charge in [-0.2, -0.15) is 0 Å². The van der Waals surface area contributed by atoms with E-state index in [0.717, 1.165) is 0 Å². The number of alkyl halides is 1. The third-order valence-electron chi connectivity index (χ3n) is 1.69. The largest absolute Gasteiger partial charge is 0.313 e. The van der Waals surface area contributed by atoms with Crippen molar-refractivity contribution in [2.24, 2.45) is 0 Å². The Morgan fingerprint density at radius 1 is 1.64 bits per heavy atom. The van der Waals surface area contributed by atoms with E-state index in [4.69, 9.17) is 5.41 Å². The summed E-state index contributed by atoms with van der Waals surface area (Å²) >= 11 is 3.14. The highest BCUT2D eigenvalue weighted by molar-refractivity contribution is 9.08. The van der Waals surface area contributed by atoms with Crippen molar-refractivity contribution in [3.63, 3.8) is 0 Å². The summed E-state index contributed by atoms with van der Waals surface area (Å²) in [6.07, 6.45) is 0.388. The van der Waals surface area contributed by atoms with Gasteiger partial charge in [0.05, 0.1) is 0 Å². The van der Waals surface area contributed by atoms with Gasteiger partial charge in [0.2, 0.25) is 6.41 Å². The summed E-state index contributed by atoms with van der Waals surface area (Å²) in [6, 6.07) is 4.37. The quantitative estimate of drug-likeness (QED) is 0.370. The maximum absolute atomic E-state index is 13.2. The molecule has 0 aliphatic heterocycles. The van der Waals surface area contributed by atoms with Crippen LogP contribution in [-0.2, 0) is 10.1 Å². The van der Waals surface area contributed by atoms with Crippen LogP contribution in [0.1, 0.15) is 11.1 Å². The lowest BCUT2D eigenvalue weighted by Crippen LogP contribution is -2.21. The maximum Gasteiger partial charge on any atom is 0.212 e. The predicted octanol–water partition coefficient (Wildman–Crippen LogP) is 1.79. The Bertz CT molecular complexity index is 368. The van der Waals surface area contributed by atoms with Gasteiger partial charge < -0.3 is 5.32 Å². The van der Waals surface area contributed by atoms with Crippen molar-refractivity contribution in [2.75, 3.05) is 0 Å². The van der Waals surface area contributed by atoms with Gasteiger partial charge in [-0.15, -0.1) is 0 Å². The maximum atomic E-state index is 13.2. The number of amidine groups is 1. The minimum Gasteiger partial charge on any atom is -0.313 e. The molecule has 2 N–H and O–H groups in total. The van der Waals surface area contributed by atoms with E-state index in [1.54, 1.807) is 12.1 Å². The molecule has 14 heavy (non-hydrogen) atoms. The Morgan fingerprint density at radius 3 is 2.86 bits per heavy atom. The first-order chi connectivity index (χ1) is 6.69. The molecule has 0 spiro atoms. The van der Waals surface area contributed by atoms with Crippen LogP contribution >= 0.6 is 15.9 Å². The first-order valence-electron chi connectivity index (χ1n) is 3.82. The van der Waals surface area contributed by atoms with Gasteiger partial charge in [-0.05, 0) is 11.6 Å². The molecule has 0 unspecified atom stereocenters. The van der Waals surface area contributed by atoms with Crippen LogP contribution in [0.15, 0.2) is 18.2 Å². The van der Waals surface area contributed by atoms with Crippen molar-refractivity contribution >= 4 is 28.2 Å². The van der Waals surface area contributed by atoms with Gasteiger partial charge in [0, 0.05) is 10.9 Å². The molecular formula is C9H8BrFN2O. The fourth-order valence-electron chi connectivity index (χ4n) is 0.953. The smallest absolute Gasteiger partial charge is 0.212 e. The van der Waals surface area contributed by atoms with Crippen LogP contribution in [0.5, 0.6) is 0 Å². The molecule has 0 heterocycles. The summed E-state index contributed by atoms with van der Waals surface area (Å²) in [5.41, 5.74) is 0.868. The van der Waals surface area contributed by atoms with E-state index in [2.05, 4.69) is 21.2 Å². The summed E-state index contributed by atoms with van der Waals surface area (Å²) in [5.74, 6) is -0.503. The Morgan fingerprint density at radius 2 is 2.36 bits per heavy atom. The van der Waals surface area contributed by atoms with Gasteiger partial charge in [0.25, 0.3) is 0 Å². The van der Waals surface area contributed by atoms with E-state index in [9.17, 15) is 9.18 Å². The molecule has 0 fully saturated rings. The minimum absolute atomic E-state index is 0.111. The Labute approximate surface area is 89.0 Å². The summed E-state index contributed by atoms with van der Waals surface area (Å²) in [5, 5.41) is 9.91. The van der Waals surface area contributed by atoms with Crippen LogP contribution < -0.4 is 5.32 Å². The van der Waals surface area contributed by atoms with Crippen molar-refractivity contribution in [3.05, 3.63) is 35.1 Å². The second-order valence-corrected chi connectivity index (χ2v) is 3.14. The van der Waals surface area contributed by atoms with Gasteiger partial charge in [-0.25, -0.2) is 4.39 Å². The van der Waals surface area contributed by atoms with Crippen molar-refractivity contribution < 1.29 is 9.18 Å². The molecule has 1 aromatic carbocycles. The van der Waals surface area contributed by atoms with E-state index in [1.165, 1.54) is 6.07 Å². The van der Waals surface area contributed by atoms with Crippen LogP contribution in [-0.4, -0.2) is 12.2 Å².